The van der Waals surface area contributed by atoms with Crippen molar-refractivity contribution in [2.75, 3.05) is 42.9 Å². The van der Waals surface area contributed by atoms with Gasteiger partial charge in [-0.15, -0.1) is 0 Å². The number of carbonyl (C=O) groups is 1. The lowest BCUT2D eigenvalue weighted by atomic mass is 10.2. The number of rotatable bonds is 4. The molecule has 1 aliphatic rings. The summed E-state index contributed by atoms with van der Waals surface area (Å²) in [6.07, 6.45) is 0. The number of hydrogen-bond acceptors (Lipinski definition) is 3. The molecule has 1 heterocycles. The van der Waals surface area contributed by atoms with Gasteiger partial charge >= 0.3 is 0 Å². The second-order valence-corrected chi connectivity index (χ2v) is 5.80. The Morgan fingerprint density at radius 1 is 0.920 bits per heavy atom. The molecule has 0 aromatic heterocycles. The number of para-hydroxylation sites is 1. The van der Waals surface area contributed by atoms with Crippen LogP contribution in [0.1, 0.15) is 0 Å². The molecule has 1 amide bonds. The Morgan fingerprint density at radius 3 is 2.32 bits per heavy atom. The number of anilines is 2. The highest BCUT2D eigenvalue weighted by Crippen LogP contribution is 2.20. The molecule has 2 aromatic carbocycles. The summed E-state index contributed by atoms with van der Waals surface area (Å²) in [6, 6.07) is 9.95. The molecule has 0 spiro atoms. The lowest BCUT2D eigenvalue weighted by Gasteiger charge is -2.36. The quantitative estimate of drug-likeness (QED) is 0.922. The fourth-order valence-corrected chi connectivity index (χ4v) is 2.80. The van der Waals surface area contributed by atoms with Gasteiger partial charge in [0.15, 0.2) is 11.6 Å². The van der Waals surface area contributed by atoms with Crippen LogP contribution < -0.4 is 10.2 Å². The maximum atomic E-state index is 13.8. The number of hydrogen-bond donors (Lipinski definition) is 1. The van der Waals surface area contributed by atoms with E-state index in [9.17, 15) is 18.0 Å². The molecular formula is C18H18F3N3O. The van der Waals surface area contributed by atoms with Gasteiger partial charge in [0.2, 0.25) is 5.91 Å². The van der Waals surface area contributed by atoms with Crippen molar-refractivity contribution in [1.82, 2.24) is 4.90 Å². The van der Waals surface area contributed by atoms with E-state index in [4.69, 9.17) is 0 Å². The number of carbonyl (C=O) groups excluding carboxylic acids is 1. The summed E-state index contributed by atoms with van der Waals surface area (Å²) in [6.45, 7) is 2.03. The molecule has 132 valence electrons. The minimum Gasteiger partial charge on any atom is -0.376 e. The van der Waals surface area contributed by atoms with Gasteiger partial charge in [-0.3, -0.25) is 4.79 Å². The first-order chi connectivity index (χ1) is 12.0. The number of amides is 1. The van der Waals surface area contributed by atoms with Crippen molar-refractivity contribution in [2.45, 2.75) is 0 Å². The first kappa shape index (κ1) is 17.1. The molecule has 0 unspecified atom stereocenters. The van der Waals surface area contributed by atoms with Crippen LogP contribution in [0.5, 0.6) is 0 Å². The van der Waals surface area contributed by atoms with Crippen molar-refractivity contribution in [2.24, 2.45) is 0 Å². The van der Waals surface area contributed by atoms with Crippen molar-refractivity contribution < 1.29 is 18.0 Å². The maximum Gasteiger partial charge on any atom is 0.241 e. The molecule has 0 radical (unpaired) electrons. The summed E-state index contributed by atoms with van der Waals surface area (Å²) in [5.74, 6) is -2.31. The van der Waals surface area contributed by atoms with Crippen molar-refractivity contribution in [1.29, 1.82) is 0 Å². The standard InChI is InChI=1S/C18H18F3N3O/c19-14-6-5-13(11-16(14)21)22-12-18(25)24-9-7-23(8-10-24)17-4-2-1-3-15(17)20/h1-6,11,22H,7-10,12H2. The Kier molecular flexibility index (Phi) is 5.11. The van der Waals surface area contributed by atoms with Crippen molar-refractivity contribution >= 4 is 17.3 Å². The van der Waals surface area contributed by atoms with Crippen molar-refractivity contribution in [3.05, 3.63) is 59.9 Å². The molecule has 1 N–H and O–H groups in total. The molecule has 4 nitrogen and oxygen atoms in total. The molecule has 1 fully saturated rings. The van der Waals surface area contributed by atoms with Gasteiger partial charge < -0.3 is 15.1 Å². The molecule has 2 aromatic rings. The van der Waals surface area contributed by atoms with Gasteiger partial charge in [0, 0.05) is 37.9 Å². The molecule has 0 saturated carbocycles. The fourth-order valence-electron chi connectivity index (χ4n) is 2.80. The Morgan fingerprint density at radius 2 is 1.64 bits per heavy atom. The number of piperazine rings is 1. The second kappa shape index (κ2) is 7.46. The van der Waals surface area contributed by atoms with E-state index in [-0.39, 0.29) is 18.3 Å². The second-order valence-electron chi connectivity index (χ2n) is 5.80. The van der Waals surface area contributed by atoms with Crippen LogP contribution >= 0.6 is 0 Å². The lowest BCUT2D eigenvalue weighted by Crippen LogP contribution is -2.50. The average molecular weight is 349 g/mol. The van der Waals surface area contributed by atoms with Crippen LogP contribution in [-0.2, 0) is 4.79 Å². The van der Waals surface area contributed by atoms with Crippen LogP contribution in [0.4, 0.5) is 24.5 Å². The predicted octanol–water partition coefficient (Wildman–Crippen LogP) is 2.86. The Hall–Kier alpha value is -2.70. The molecule has 7 heteroatoms. The van der Waals surface area contributed by atoms with Gasteiger partial charge in [-0.25, -0.2) is 13.2 Å². The van der Waals surface area contributed by atoms with E-state index in [0.717, 1.165) is 12.1 Å². The zero-order chi connectivity index (χ0) is 17.8. The first-order valence-corrected chi connectivity index (χ1v) is 8.01. The molecular weight excluding hydrogens is 331 g/mol. The van der Waals surface area contributed by atoms with E-state index in [2.05, 4.69) is 5.32 Å². The smallest absolute Gasteiger partial charge is 0.241 e. The molecule has 3 rings (SSSR count). The highest BCUT2D eigenvalue weighted by atomic mass is 19.2. The van der Waals surface area contributed by atoms with E-state index in [1.807, 2.05) is 4.90 Å². The normalized spacial score (nSPS) is 14.5. The first-order valence-electron chi connectivity index (χ1n) is 8.01. The zero-order valence-corrected chi connectivity index (χ0v) is 13.5. The Balaban J connectivity index is 1.51. The molecule has 0 aliphatic carbocycles. The van der Waals surface area contributed by atoms with Gasteiger partial charge in [0.25, 0.3) is 0 Å². The molecule has 0 bridgehead atoms. The highest BCUT2D eigenvalue weighted by Gasteiger charge is 2.22. The highest BCUT2D eigenvalue weighted by molar-refractivity contribution is 5.81. The summed E-state index contributed by atoms with van der Waals surface area (Å²) < 4.78 is 39.8. The van der Waals surface area contributed by atoms with E-state index in [1.54, 1.807) is 23.1 Å². The van der Waals surface area contributed by atoms with E-state index in [0.29, 0.717) is 37.6 Å². The summed E-state index contributed by atoms with van der Waals surface area (Å²) in [5.41, 5.74) is 0.881. The average Bonchev–Trinajstić information content (AvgIpc) is 2.63. The summed E-state index contributed by atoms with van der Waals surface area (Å²) in [5, 5.41) is 2.79. The van der Waals surface area contributed by atoms with Crippen molar-refractivity contribution in [3.63, 3.8) is 0 Å². The minimum absolute atomic E-state index is 0.00916. The number of benzene rings is 2. The van der Waals surface area contributed by atoms with Crippen molar-refractivity contribution in [3.8, 4) is 0 Å². The van der Waals surface area contributed by atoms with Gasteiger partial charge in [-0.2, -0.15) is 0 Å². The number of nitrogens with one attached hydrogen (secondary N) is 1. The monoisotopic (exact) mass is 349 g/mol. The van der Waals surface area contributed by atoms with Gasteiger partial charge in [0.05, 0.1) is 12.2 Å². The van der Waals surface area contributed by atoms with Crippen LogP contribution in [0.3, 0.4) is 0 Å². The summed E-state index contributed by atoms with van der Waals surface area (Å²) in [7, 11) is 0. The SMILES string of the molecule is O=C(CNc1ccc(F)c(F)c1)N1CCN(c2ccccc2F)CC1. The van der Waals surface area contributed by atoms with Gasteiger partial charge in [0.1, 0.15) is 5.82 Å². The van der Waals surface area contributed by atoms with Crippen LogP contribution in [0, 0.1) is 17.5 Å². The van der Waals surface area contributed by atoms with Crippen LogP contribution in [0.25, 0.3) is 0 Å². The molecule has 25 heavy (non-hydrogen) atoms. The zero-order valence-electron chi connectivity index (χ0n) is 13.5. The van der Waals surface area contributed by atoms with Crippen LogP contribution in [0.2, 0.25) is 0 Å². The maximum absolute atomic E-state index is 13.8. The van der Waals surface area contributed by atoms with E-state index >= 15 is 0 Å². The largest absolute Gasteiger partial charge is 0.376 e. The van der Waals surface area contributed by atoms with Gasteiger partial charge in [-0.05, 0) is 24.3 Å². The lowest BCUT2D eigenvalue weighted by molar-refractivity contribution is -0.129. The predicted molar refractivity (Wildman–Crippen MR) is 90.0 cm³/mol. The topological polar surface area (TPSA) is 35.6 Å². The third kappa shape index (κ3) is 4.04. The molecule has 0 atom stereocenters. The summed E-state index contributed by atoms with van der Waals surface area (Å²) in [4.78, 5) is 15.8. The van der Waals surface area contributed by atoms with E-state index < -0.39 is 11.6 Å². The number of halogens is 3. The fraction of sp³-hybridized carbons (Fsp3) is 0.278. The van der Waals surface area contributed by atoms with Crippen LogP contribution in [0.15, 0.2) is 42.5 Å². The van der Waals surface area contributed by atoms with Crippen LogP contribution in [-0.4, -0.2) is 43.5 Å². The Labute approximate surface area is 143 Å². The van der Waals surface area contributed by atoms with E-state index in [1.165, 1.54) is 12.1 Å². The Bertz CT molecular complexity index is 761. The number of nitrogens with zero attached hydrogens (tertiary/aromatic N) is 2. The minimum atomic E-state index is -0.962. The summed E-state index contributed by atoms with van der Waals surface area (Å²) >= 11 is 0. The third-order valence-corrected chi connectivity index (χ3v) is 4.19. The van der Waals surface area contributed by atoms with Gasteiger partial charge in [-0.1, -0.05) is 12.1 Å². The third-order valence-electron chi connectivity index (χ3n) is 4.19. The molecule has 1 saturated heterocycles. The molecule has 1 aliphatic heterocycles.